The lowest BCUT2D eigenvalue weighted by Crippen LogP contribution is -2.38. The van der Waals surface area contributed by atoms with Crippen molar-refractivity contribution in [1.82, 2.24) is 4.90 Å². The lowest BCUT2D eigenvalue weighted by Gasteiger charge is -2.15. The summed E-state index contributed by atoms with van der Waals surface area (Å²) < 4.78 is 5.23. The quantitative estimate of drug-likeness (QED) is 0.680. The third-order valence-corrected chi connectivity index (χ3v) is 2.06. The summed E-state index contributed by atoms with van der Waals surface area (Å²) >= 11 is 0. The zero-order valence-corrected chi connectivity index (χ0v) is 9.55. The van der Waals surface area contributed by atoms with Gasteiger partial charge in [0.2, 0.25) is 5.91 Å². The molecule has 0 aromatic heterocycles. The van der Waals surface area contributed by atoms with Crippen LogP contribution in [0.15, 0.2) is 24.3 Å². The Bertz CT molecular complexity index is 403. The van der Waals surface area contributed by atoms with Gasteiger partial charge in [0, 0.05) is 12.7 Å². The number of carbonyl (C=O) groups is 2. The minimum absolute atomic E-state index is 0.121. The Morgan fingerprint density at radius 1 is 1.29 bits per heavy atom. The summed E-state index contributed by atoms with van der Waals surface area (Å²) in [4.78, 5) is 23.3. The van der Waals surface area contributed by atoms with Gasteiger partial charge in [-0.3, -0.25) is 9.59 Å². The van der Waals surface area contributed by atoms with Crippen LogP contribution in [-0.2, 0) is 9.59 Å². The Balaban J connectivity index is 2.42. The van der Waals surface area contributed by atoms with E-state index in [1.807, 2.05) is 0 Å². The van der Waals surface area contributed by atoms with Gasteiger partial charge in [-0.15, -0.1) is 0 Å². The van der Waals surface area contributed by atoms with Crippen molar-refractivity contribution in [2.45, 2.75) is 0 Å². The molecule has 0 unspecified atom stereocenters. The third-order valence-electron chi connectivity index (χ3n) is 2.06. The van der Waals surface area contributed by atoms with Crippen LogP contribution in [0.25, 0.3) is 0 Å². The van der Waals surface area contributed by atoms with Crippen LogP contribution in [-0.4, -0.2) is 36.9 Å². The van der Waals surface area contributed by atoms with Gasteiger partial charge >= 0.3 is 0 Å². The second-order valence-electron chi connectivity index (χ2n) is 3.57. The zero-order chi connectivity index (χ0) is 12.8. The highest BCUT2D eigenvalue weighted by atomic mass is 16.5. The fourth-order valence-electron chi connectivity index (χ4n) is 1.14. The maximum Gasteiger partial charge on any atom is 0.260 e. The van der Waals surface area contributed by atoms with Crippen LogP contribution in [0.4, 0.5) is 5.69 Å². The lowest BCUT2D eigenvalue weighted by atomic mass is 10.3. The topological polar surface area (TPSA) is 98.6 Å². The molecule has 0 aliphatic heterocycles. The first kappa shape index (κ1) is 12.8. The van der Waals surface area contributed by atoms with E-state index in [1.54, 1.807) is 24.3 Å². The van der Waals surface area contributed by atoms with E-state index in [0.717, 1.165) is 0 Å². The number of rotatable bonds is 5. The van der Waals surface area contributed by atoms with Gasteiger partial charge in [0.15, 0.2) is 6.61 Å². The van der Waals surface area contributed by atoms with E-state index in [4.69, 9.17) is 16.2 Å². The van der Waals surface area contributed by atoms with Crippen molar-refractivity contribution in [1.29, 1.82) is 0 Å². The molecule has 17 heavy (non-hydrogen) atoms. The molecule has 6 heteroatoms. The molecule has 1 aromatic rings. The number of nitrogens with two attached hydrogens (primary N) is 2. The molecule has 0 fully saturated rings. The molecular formula is C11H15N3O3. The SMILES string of the molecule is CN(CC(N)=O)C(=O)COc1ccc(N)cc1. The number of anilines is 1. The van der Waals surface area contributed by atoms with Crippen LogP contribution in [0.3, 0.4) is 0 Å². The van der Waals surface area contributed by atoms with Crippen LogP contribution in [0.2, 0.25) is 0 Å². The summed E-state index contributed by atoms with van der Waals surface area (Å²) in [6.07, 6.45) is 0. The Hall–Kier alpha value is -2.24. The van der Waals surface area contributed by atoms with Gasteiger partial charge in [-0.2, -0.15) is 0 Å². The number of benzene rings is 1. The van der Waals surface area contributed by atoms with E-state index in [-0.39, 0.29) is 19.1 Å². The Kier molecular flexibility index (Phi) is 4.33. The summed E-state index contributed by atoms with van der Waals surface area (Å²) in [6, 6.07) is 6.67. The second-order valence-corrected chi connectivity index (χ2v) is 3.57. The molecular weight excluding hydrogens is 222 g/mol. The first-order valence-electron chi connectivity index (χ1n) is 4.99. The maximum atomic E-state index is 11.5. The molecule has 0 spiro atoms. The largest absolute Gasteiger partial charge is 0.484 e. The average Bonchev–Trinajstić information content (AvgIpc) is 2.27. The molecule has 6 nitrogen and oxygen atoms in total. The molecule has 4 N–H and O–H groups in total. The number of amides is 2. The third kappa shape index (κ3) is 4.42. The van der Waals surface area contributed by atoms with E-state index < -0.39 is 5.91 Å². The molecule has 2 amide bonds. The fourth-order valence-corrected chi connectivity index (χ4v) is 1.14. The number of nitrogen functional groups attached to an aromatic ring is 1. The summed E-state index contributed by atoms with van der Waals surface area (Å²) in [5, 5.41) is 0. The predicted molar refractivity (Wildman–Crippen MR) is 63.2 cm³/mol. The highest BCUT2D eigenvalue weighted by Crippen LogP contribution is 2.12. The highest BCUT2D eigenvalue weighted by molar-refractivity contribution is 5.84. The second kappa shape index (κ2) is 5.74. The number of carbonyl (C=O) groups excluding carboxylic acids is 2. The van der Waals surface area contributed by atoms with Crippen LogP contribution in [0.1, 0.15) is 0 Å². The van der Waals surface area contributed by atoms with Crippen molar-refractivity contribution in [2.75, 3.05) is 25.9 Å². The van der Waals surface area contributed by atoms with Crippen molar-refractivity contribution in [3.63, 3.8) is 0 Å². The molecule has 0 atom stereocenters. The van der Waals surface area contributed by atoms with Crippen LogP contribution >= 0.6 is 0 Å². The van der Waals surface area contributed by atoms with Crippen molar-refractivity contribution in [3.8, 4) is 5.75 Å². The van der Waals surface area contributed by atoms with E-state index >= 15 is 0 Å². The highest BCUT2D eigenvalue weighted by Gasteiger charge is 2.11. The molecule has 0 radical (unpaired) electrons. The zero-order valence-electron chi connectivity index (χ0n) is 9.55. The van der Waals surface area contributed by atoms with Gasteiger partial charge in [0.05, 0.1) is 6.54 Å². The normalized spacial score (nSPS) is 9.71. The maximum absolute atomic E-state index is 11.5. The van der Waals surface area contributed by atoms with Crippen molar-refractivity contribution in [2.24, 2.45) is 5.73 Å². The van der Waals surface area contributed by atoms with Gasteiger partial charge < -0.3 is 21.1 Å². The molecule has 0 heterocycles. The number of hydrogen-bond donors (Lipinski definition) is 2. The molecule has 92 valence electrons. The minimum atomic E-state index is -0.562. The van der Waals surface area contributed by atoms with Crippen LogP contribution in [0, 0.1) is 0 Å². The molecule has 1 aromatic carbocycles. The Morgan fingerprint density at radius 2 is 1.88 bits per heavy atom. The number of hydrogen-bond acceptors (Lipinski definition) is 4. The summed E-state index contributed by atoms with van der Waals surface area (Å²) in [7, 11) is 1.49. The predicted octanol–water partition coefficient (Wildman–Crippen LogP) is -0.409. The van der Waals surface area contributed by atoms with Gasteiger partial charge in [0.25, 0.3) is 5.91 Å². The van der Waals surface area contributed by atoms with Gasteiger partial charge in [-0.05, 0) is 24.3 Å². The molecule has 0 bridgehead atoms. The average molecular weight is 237 g/mol. The van der Waals surface area contributed by atoms with Crippen LogP contribution in [0.5, 0.6) is 5.75 Å². The van der Waals surface area contributed by atoms with E-state index in [9.17, 15) is 9.59 Å². The lowest BCUT2D eigenvalue weighted by molar-refractivity contribution is -0.135. The Morgan fingerprint density at radius 3 is 2.41 bits per heavy atom. The summed E-state index contributed by atoms with van der Waals surface area (Å²) in [6.45, 7) is -0.266. The van der Waals surface area contributed by atoms with Crippen molar-refractivity contribution >= 4 is 17.5 Å². The van der Waals surface area contributed by atoms with E-state index in [1.165, 1.54) is 11.9 Å². The first-order valence-corrected chi connectivity index (χ1v) is 4.99. The molecule has 0 saturated carbocycles. The van der Waals surface area contributed by atoms with Crippen molar-refractivity contribution in [3.05, 3.63) is 24.3 Å². The van der Waals surface area contributed by atoms with E-state index in [0.29, 0.717) is 11.4 Å². The van der Waals surface area contributed by atoms with Gasteiger partial charge in [-0.25, -0.2) is 0 Å². The van der Waals surface area contributed by atoms with Crippen molar-refractivity contribution < 1.29 is 14.3 Å². The molecule has 0 saturated heterocycles. The fraction of sp³-hybridized carbons (Fsp3) is 0.273. The molecule has 0 aliphatic carbocycles. The monoisotopic (exact) mass is 237 g/mol. The number of primary amides is 1. The summed E-state index contributed by atoms with van der Waals surface area (Å²) in [5.41, 5.74) is 11.1. The summed E-state index contributed by atoms with van der Waals surface area (Å²) in [5.74, 6) is -0.339. The van der Waals surface area contributed by atoms with Gasteiger partial charge in [-0.1, -0.05) is 0 Å². The number of likely N-dealkylation sites (N-methyl/N-ethyl adjacent to an activating group) is 1. The Labute approximate surface area is 99.1 Å². The molecule has 0 aliphatic rings. The number of nitrogens with zero attached hydrogens (tertiary/aromatic N) is 1. The molecule has 1 rings (SSSR count). The van der Waals surface area contributed by atoms with Crippen LogP contribution < -0.4 is 16.2 Å². The van der Waals surface area contributed by atoms with Gasteiger partial charge in [0.1, 0.15) is 5.75 Å². The van der Waals surface area contributed by atoms with E-state index in [2.05, 4.69) is 0 Å². The smallest absolute Gasteiger partial charge is 0.260 e. The number of ether oxygens (including phenoxy) is 1. The first-order chi connectivity index (χ1) is 7.99. The minimum Gasteiger partial charge on any atom is -0.484 e. The standard InChI is InChI=1S/C11H15N3O3/c1-14(6-10(13)15)11(16)7-17-9-4-2-8(12)3-5-9/h2-5H,6-7,12H2,1H3,(H2,13,15).